The van der Waals surface area contributed by atoms with E-state index in [4.69, 9.17) is 9.97 Å². The molecule has 8 aromatic rings. The highest BCUT2D eigenvalue weighted by molar-refractivity contribution is 6.21. The summed E-state index contributed by atoms with van der Waals surface area (Å²) in [6.07, 6.45) is 5.58. The van der Waals surface area contributed by atoms with Crippen molar-refractivity contribution < 1.29 is 0 Å². The van der Waals surface area contributed by atoms with Gasteiger partial charge in [0.15, 0.2) is 0 Å². The average molecular weight is 499 g/mol. The van der Waals surface area contributed by atoms with Gasteiger partial charge in [-0.2, -0.15) is 0 Å². The Balaban J connectivity index is 1.38. The third-order valence-electron chi connectivity index (χ3n) is 7.52. The Hall–Kier alpha value is -5.35. The summed E-state index contributed by atoms with van der Waals surface area (Å²) in [6.45, 7) is 0. The maximum Gasteiger partial charge on any atom is 0.137 e. The van der Waals surface area contributed by atoms with Gasteiger partial charge in [0.25, 0.3) is 0 Å². The summed E-state index contributed by atoms with van der Waals surface area (Å²) in [5.41, 5.74) is 7.41. The van der Waals surface area contributed by atoms with Crippen LogP contribution in [0.1, 0.15) is 0 Å². The van der Waals surface area contributed by atoms with Crippen molar-refractivity contribution in [2.24, 2.45) is 0 Å². The topological polar surface area (TPSA) is 43.6 Å². The van der Waals surface area contributed by atoms with Gasteiger partial charge in [0.1, 0.15) is 5.82 Å². The molecular weight excluding hydrogens is 476 g/mol. The molecule has 39 heavy (non-hydrogen) atoms. The van der Waals surface area contributed by atoms with Crippen LogP contribution in [0.4, 0.5) is 0 Å². The van der Waals surface area contributed by atoms with E-state index in [-0.39, 0.29) is 0 Å². The van der Waals surface area contributed by atoms with Crippen LogP contribution in [0, 0.1) is 0 Å². The minimum Gasteiger partial charge on any atom is -0.294 e. The molecule has 0 spiro atoms. The number of rotatable bonds is 3. The van der Waals surface area contributed by atoms with Gasteiger partial charge < -0.3 is 0 Å². The zero-order valence-electron chi connectivity index (χ0n) is 21.0. The van der Waals surface area contributed by atoms with Gasteiger partial charge in [-0.3, -0.25) is 9.55 Å². The maximum atomic E-state index is 4.97. The monoisotopic (exact) mass is 498 g/mol. The van der Waals surface area contributed by atoms with Gasteiger partial charge in [-0.15, -0.1) is 0 Å². The Morgan fingerprint density at radius 3 is 2.21 bits per heavy atom. The fraction of sp³-hybridized carbons (Fsp3) is 0. The normalized spacial score (nSPS) is 11.6. The molecule has 4 nitrogen and oxygen atoms in total. The molecule has 4 heteroatoms. The van der Waals surface area contributed by atoms with E-state index in [9.17, 15) is 0 Å². The van der Waals surface area contributed by atoms with Crippen LogP contribution in [-0.4, -0.2) is 19.5 Å². The largest absolute Gasteiger partial charge is 0.294 e. The Morgan fingerprint density at radius 1 is 0.538 bits per heavy atom. The van der Waals surface area contributed by atoms with E-state index >= 15 is 0 Å². The highest BCUT2D eigenvalue weighted by atomic mass is 15.1. The molecule has 0 aliphatic rings. The van der Waals surface area contributed by atoms with Gasteiger partial charge in [0.05, 0.1) is 22.2 Å². The summed E-state index contributed by atoms with van der Waals surface area (Å²) in [7, 11) is 0. The van der Waals surface area contributed by atoms with E-state index in [0.717, 1.165) is 50.1 Å². The minimum absolute atomic E-state index is 0.884. The zero-order valence-corrected chi connectivity index (χ0v) is 21.0. The molecular formula is C35H22N4. The second-order valence-electron chi connectivity index (χ2n) is 9.78. The summed E-state index contributed by atoms with van der Waals surface area (Å²) in [5, 5.41) is 6.01. The summed E-state index contributed by atoms with van der Waals surface area (Å²) < 4.78 is 2.27. The molecule has 182 valence electrons. The lowest BCUT2D eigenvalue weighted by Gasteiger charge is -2.09. The smallest absolute Gasteiger partial charge is 0.137 e. The summed E-state index contributed by atoms with van der Waals surface area (Å²) in [5.74, 6) is 0.884. The summed E-state index contributed by atoms with van der Waals surface area (Å²) in [4.78, 5) is 14.1. The number of pyridine rings is 3. The number of para-hydroxylation sites is 1. The number of hydrogen-bond donors (Lipinski definition) is 0. The van der Waals surface area contributed by atoms with Gasteiger partial charge in [-0.1, -0.05) is 66.7 Å². The van der Waals surface area contributed by atoms with Crippen molar-refractivity contribution in [1.82, 2.24) is 19.5 Å². The van der Waals surface area contributed by atoms with Gasteiger partial charge in [0.2, 0.25) is 0 Å². The van der Waals surface area contributed by atoms with Crippen molar-refractivity contribution in [2.45, 2.75) is 0 Å². The number of hydrogen-bond acceptors (Lipinski definition) is 3. The van der Waals surface area contributed by atoms with Crippen molar-refractivity contribution in [3.05, 3.63) is 134 Å². The van der Waals surface area contributed by atoms with Crippen LogP contribution in [0.5, 0.6) is 0 Å². The van der Waals surface area contributed by atoms with E-state index in [1.165, 1.54) is 21.5 Å². The number of aromatic nitrogens is 4. The van der Waals surface area contributed by atoms with Crippen LogP contribution >= 0.6 is 0 Å². The van der Waals surface area contributed by atoms with Gasteiger partial charge in [-0.05, 0) is 59.3 Å². The minimum atomic E-state index is 0.884. The van der Waals surface area contributed by atoms with Gasteiger partial charge in [0, 0.05) is 51.4 Å². The first-order chi connectivity index (χ1) is 19.3. The molecule has 0 saturated carbocycles. The van der Waals surface area contributed by atoms with Crippen LogP contribution in [0.15, 0.2) is 134 Å². The Kier molecular flexibility index (Phi) is 4.79. The van der Waals surface area contributed by atoms with E-state index in [1.54, 1.807) is 6.20 Å². The Bertz CT molecular complexity index is 2160. The lowest BCUT2D eigenvalue weighted by molar-refractivity contribution is 1.08. The van der Waals surface area contributed by atoms with Crippen LogP contribution in [0.2, 0.25) is 0 Å². The number of benzene rings is 4. The molecule has 0 atom stereocenters. The molecule has 4 aromatic carbocycles. The maximum absolute atomic E-state index is 4.97. The molecule has 4 aromatic heterocycles. The van der Waals surface area contributed by atoms with Crippen LogP contribution in [0.25, 0.3) is 71.7 Å². The highest BCUT2D eigenvalue weighted by Crippen LogP contribution is 2.38. The van der Waals surface area contributed by atoms with Crippen LogP contribution in [-0.2, 0) is 0 Å². The van der Waals surface area contributed by atoms with Crippen molar-refractivity contribution in [1.29, 1.82) is 0 Å². The van der Waals surface area contributed by atoms with Gasteiger partial charge >= 0.3 is 0 Å². The van der Waals surface area contributed by atoms with Crippen LogP contribution in [0.3, 0.4) is 0 Å². The molecule has 0 unspecified atom stereocenters. The van der Waals surface area contributed by atoms with E-state index < -0.39 is 0 Å². The third-order valence-corrected chi connectivity index (χ3v) is 7.52. The molecule has 0 fully saturated rings. The standard InChI is InChI=1S/C35H22N4/c1-3-9-28-23(6-1)12-17-33-35(28)29-20-25(31-15-11-24-7-2-4-10-30(24)38-31)13-16-32(29)39(33)34-18-14-27(22-37-34)26-8-5-19-36-21-26/h1-22H. The molecule has 8 rings (SSSR count). The predicted molar refractivity (Wildman–Crippen MR) is 160 cm³/mol. The van der Waals surface area contributed by atoms with Crippen LogP contribution < -0.4 is 0 Å². The summed E-state index contributed by atoms with van der Waals surface area (Å²) >= 11 is 0. The Morgan fingerprint density at radius 2 is 1.33 bits per heavy atom. The second-order valence-corrected chi connectivity index (χ2v) is 9.78. The quantitative estimate of drug-likeness (QED) is 0.245. The molecule has 0 radical (unpaired) electrons. The van der Waals surface area contributed by atoms with E-state index in [1.807, 2.05) is 30.6 Å². The first-order valence-electron chi connectivity index (χ1n) is 13.0. The zero-order chi connectivity index (χ0) is 25.8. The summed E-state index contributed by atoms with van der Waals surface area (Å²) in [6, 6.07) is 40.4. The third kappa shape index (κ3) is 3.50. The van der Waals surface area contributed by atoms with Crippen molar-refractivity contribution in [3.63, 3.8) is 0 Å². The lowest BCUT2D eigenvalue weighted by atomic mass is 10.0. The molecule has 0 aliphatic heterocycles. The molecule has 4 heterocycles. The number of fused-ring (bicyclic) bond motifs is 6. The SMILES string of the molecule is c1cncc(-c2ccc(-n3c4ccc(-c5ccc6ccccc6n5)cc4c4c5ccccc5ccc43)nc2)c1. The first kappa shape index (κ1) is 21.7. The fourth-order valence-electron chi connectivity index (χ4n) is 5.65. The average Bonchev–Trinajstić information content (AvgIpc) is 3.35. The number of nitrogens with zero attached hydrogens (tertiary/aromatic N) is 4. The van der Waals surface area contributed by atoms with E-state index in [2.05, 4.69) is 107 Å². The fourth-order valence-corrected chi connectivity index (χ4v) is 5.65. The molecule has 0 saturated heterocycles. The highest BCUT2D eigenvalue weighted by Gasteiger charge is 2.17. The first-order valence-corrected chi connectivity index (χ1v) is 13.0. The van der Waals surface area contributed by atoms with Crippen molar-refractivity contribution >= 4 is 43.5 Å². The molecule has 0 N–H and O–H groups in total. The lowest BCUT2D eigenvalue weighted by Crippen LogP contribution is -1.97. The van der Waals surface area contributed by atoms with Crippen molar-refractivity contribution in [3.8, 4) is 28.2 Å². The molecule has 0 bridgehead atoms. The predicted octanol–water partition coefficient (Wildman–Crippen LogP) is 8.61. The molecule has 0 aliphatic carbocycles. The van der Waals surface area contributed by atoms with Gasteiger partial charge in [-0.25, -0.2) is 9.97 Å². The second kappa shape index (κ2) is 8.61. The molecule has 0 amide bonds. The van der Waals surface area contributed by atoms with E-state index in [0.29, 0.717) is 0 Å². The Labute approximate surface area is 224 Å². The van der Waals surface area contributed by atoms with Crippen molar-refractivity contribution in [2.75, 3.05) is 0 Å².